The molecule has 182 valence electrons. The average Bonchev–Trinajstić information content (AvgIpc) is 3.40. The average molecular weight is 499 g/mol. The van der Waals surface area contributed by atoms with Crippen LogP contribution in [-0.4, -0.2) is 22.6 Å². The van der Waals surface area contributed by atoms with Crippen molar-refractivity contribution >= 4 is 40.0 Å². The summed E-state index contributed by atoms with van der Waals surface area (Å²) in [5.41, 5.74) is 4.34. The van der Waals surface area contributed by atoms with E-state index in [0.717, 1.165) is 16.8 Å². The Kier molecular flexibility index (Phi) is 7.71. The molecule has 1 unspecified atom stereocenters. The first-order chi connectivity index (χ1) is 17.4. The van der Waals surface area contributed by atoms with Crippen molar-refractivity contribution < 1.29 is 14.0 Å². The predicted octanol–water partition coefficient (Wildman–Crippen LogP) is 5.82. The number of hydrogen-bond acceptors (Lipinski definition) is 6. The molecule has 0 bridgehead atoms. The summed E-state index contributed by atoms with van der Waals surface area (Å²) in [6, 6.07) is 20.6. The van der Waals surface area contributed by atoms with Gasteiger partial charge in [-0.2, -0.15) is 5.26 Å². The van der Waals surface area contributed by atoms with Crippen LogP contribution in [0.1, 0.15) is 29.7 Å². The van der Waals surface area contributed by atoms with Gasteiger partial charge in [-0.25, -0.2) is 4.99 Å². The lowest BCUT2D eigenvalue weighted by Gasteiger charge is -2.28. The number of rotatable bonds is 6. The largest absolute Gasteiger partial charge is 0.469 e. The monoisotopic (exact) mass is 498 g/mol. The Bertz CT molecular complexity index is 1370. The zero-order valence-corrected chi connectivity index (χ0v) is 21.1. The normalized spacial score (nSPS) is 17.2. The molecule has 8 heteroatoms. The maximum atomic E-state index is 13.3. The van der Waals surface area contributed by atoms with Crippen molar-refractivity contribution in [2.75, 3.05) is 16.4 Å². The van der Waals surface area contributed by atoms with Crippen LogP contribution >= 0.6 is 11.8 Å². The number of nitrogens with zero attached hydrogens (tertiary/aromatic N) is 2. The van der Waals surface area contributed by atoms with Crippen LogP contribution in [0.5, 0.6) is 0 Å². The van der Waals surface area contributed by atoms with E-state index in [-0.39, 0.29) is 17.6 Å². The summed E-state index contributed by atoms with van der Waals surface area (Å²) in [5.74, 6) is -1.41. The highest BCUT2D eigenvalue weighted by Crippen LogP contribution is 2.41. The summed E-state index contributed by atoms with van der Waals surface area (Å²) in [5, 5.41) is 16.4. The number of carbonyl (C=O) groups excluding carboxylic acids is 2. The lowest BCUT2D eigenvalue weighted by molar-refractivity contribution is -0.114. The zero-order chi connectivity index (χ0) is 25.7. The molecule has 36 heavy (non-hydrogen) atoms. The van der Waals surface area contributed by atoms with E-state index in [9.17, 15) is 14.9 Å². The Labute approximate surface area is 214 Å². The molecule has 1 aliphatic rings. The third-order valence-corrected chi connectivity index (χ3v) is 7.12. The van der Waals surface area contributed by atoms with E-state index >= 15 is 0 Å². The molecule has 0 saturated carbocycles. The van der Waals surface area contributed by atoms with Crippen molar-refractivity contribution in [2.24, 2.45) is 10.9 Å². The highest BCUT2D eigenvalue weighted by atomic mass is 32.2. The summed E-state index contributed by atoms with van der Waals surface area (Å²) in [6.07, 6.45) is 1.52. The molecule has 2 amide bonds. The number of aliphatic imine (C=N–C) groups is 1. The fraction of sp³-hybridized carbons (Fsp3) is 0.214. The van der Waals surface area contributed by atoms with Gasteiger partial charge >= 0.3 is 0 Å². The Hall–Kier alpha value is -4.09. The second-order valence-corrected chi connectivity index (χ2v) is 9.45. The highest BCUT2D eigenvalue weighted by molar-refractivity contribution is 8.14. The van der Waals surface area contributed by atoms with E-state index in [1.54, 1.807) is 31.2 Å². The molecule has 0 spiro atoms. The van der Waals surface area contributed by atoms with E-state index in [1.807, 2.05) is 50.2 Å². The molecule has 0 saturated heterocycles. The SMILES string of the molecule is CC1=C(C(=O)Nc2ccccc2)[C@H](c2ccco2)C(C#N)C(SCC(=O)Nc2cccc(C)c2C)=N1. The van der Waals surface area contributed by atoms with Gasteiger partial charge in [-0.15, -0.1) is 0 Å². The molecule has 3 aromatic rings. The smallest absolute Gasteiger partial charge is 0.254 e. The summed E-state index contributed by atoms with van der Waals surface area (Å²) < 4.78 is 5.65. The number of nitrogens with one attached hydrogen (secondary N) is 2. The third-order valence-electron chi connectivity index (χ3n) is 6.07. The summed E-state index contributed by atoms with van der Waals surface area (Å²) in [4.78, 5) is 30.6. The first kappa shape index (κ1) is 25.0. The van der Waals surface area contributed by atoms with Gasteiger partial charge in [0.05, 0.1) is 34.6 Å². The third kappa shape index (κ3) is 5.42. The molecule has 1 aromatic heterocycles. The Balaban J connectivity index is 1.59. The topological polar surface area (TPSA) is 107 Å². The maximum Gasteiger partial charge on any atom is 0.254 e. The van der Waals surface area contributed by atoms with Gasteiger partial charge in [0.2, 0.25) is 5.91 Å². The number of aryl methyl sites for hydroxylation is 1. The zero-order valence-electron chi connectivity index (χ0n) is 20.2. The second kappa shape index (κ2) is 11.1. The van der Waals surface area contributed by atoms with E-state index in [0.29, 0.717) is 27.8 Å². The van der Waals surface area contributed by atoms with Crippen LogP contribution in [0, 0.1) is 31.1 Å². The van der Waals surface area contributed by atoms with Crippen molar-refractivity contribution in [3.8, 4) is 6.07 Å². The molecule has 0 fully saturated rings. The van der Waals surface area contributed by atoms with Crippen LogP contribution in [0.4, 0.5) is 11.4 Å². The van der Waals surface area contributed by atoms with Gasteiger partial charge in [0.1, 0.15) is 11.7 Å². The molecular weight excluding hydrogens is 472 g/mol. The van der Waals surface area contributed by atoms with E-state index in [4.69, 9.17) is 4.42 Å². The first-order valence-electron chi connectivity index (χ1n) is 11.5. The van der Waals surface area contributed by atoms with E-state index < -0.39 is 11.8 Å². The quantitative estimate of drug-likeness (QED) is 0.445. The minimum absolute atomic E-state index is 0.0775. The first-order valence-corrected chi connectivity index (χ1v) is 12.4. The molecule has 7 nitrogen and oxygen atoms in total. The molecule has 0 aliphatic carbocycles. The number of anilines is 2. The number of para-hydroxylation sites is 1. The Morgan fingerprint density at radius 2 is 1.81 bits per heavy atom. The van der Waals surface area contributed by atoms with Crippen molar-refractivity contribution in [2.45, 2.75) is 26.7 Å². The summed E-state index contributed by atoms with van der Waals surface area (Å²) >= 11 is 1.20. The molecule has 4 rings (SSSR count). The van der Waals surface area contributed by atoms with Crippen LogP contribution < -0.4 is 10.6 Å². The van der Waals surface area contributed by atoms with Gasteiger partial charge in [0.25, 0.3) is 5.91 Å². The minimum Gasteiger partial charge on any atom is -0.469 e. The number of nitriles is 1. The lowest BCUT2D eigenvalue weighted by atomic mass is 9.81. The molecule has 1 aliphatic heterocycles. The molecule has 2 N–H and O–H groups in total. The number of carbonyl (C=O) groups is 2. The van der Waals surface area contributed by atoms with Crippen molar-refractivity contribution in [1.29, 1.82) is 5.26 Å². The van der Waals surface area contributed by atoms with Crippen molar-refractivity contribution in [1.82, 2.24) is 0 Å². The number of benzene rings is 2. The number of amides is 2. The summed E-state index contributed by atoms with van der Waals surface area (Å²) in [7, 11) is 0. The van der Waals surface area contributed by atoms with E-state index in [1.165, 1.54) is 18.0 Å². The standard InChI is InChI=1S/C28H26N4O3S/c1-17-9-7-12-22(18(17)2)32-24(33)16-36-28-21(15-29)26(23-13-8-14-35-23)25(19(3)30-28)27(34)31-20-10-5-4-6-11-20/h4-14,21,26H,16H2,1-3H3,(H,31,34)(H,32,33)/t21?,26-/m0/s1. The van der Waals surface area contributed by atoms with Crippen LogP contribution in [0.2, 0.25) is 0 Å². The van der Waals surface area contributed by atoms with Crippen LogP contribution in [0.15, 0.2) is 87.6 Å². The molecule has 2 heterocycles. The Morgan fingerprint density at radius 3 is 2.50 bits per heavy atom. The number of furan rings is 1. The van der Waals surface area contributed by atoms with Gasteiger partial charge < -0.3 is 15.1 Å². The van der Waals surface area contributed by atoms with Crippen LogP contribution in [0.3, 0.4) is 0 Å². The molecule has 0 radical (unpaired) electrons. The highest BCUT2D eigenvalue weighted by Gasteiger charge is 2.40. The van der Waals surface area contributed by atoms with Gasteiger partial charge in [-0.05, 0) is 62.2 Å². The van der Waals surface area contributed by atoms with Gasteiger partial charge in [-0.1, -0.05) is 42.1 Å². The second-order valence-electron chi connectivity index (χ2n) is 8.45. The minimum atomic E-state index is -0.783. The summed E-state index contributed by atoms with van der Waals surface area (Å²) in [6.45, 7) is 5.68. The molecular formula is C28H26N4O3S. The molecule has 2 atom stereocenters. The fourth-order valence-corrected chi connectivity index (χ4v) is 5.01. The predicted molar refractivity (Wildman–Crippen MR) is 143 cm³/mol. The van der Waals surface area contributed by atoms with Gasteiger partial charge in [0, 0.05) is 17.1 Å². The van der Waals surface area contributed by atoms with Crippen molar-refractivity contribution in [3.05, 3.63) is 95.1 Å². The van der Waals surface area contributed by atoms with Gasteiger partial charge in [-0.3, -0.25) is 9.59 Å². The lowest BCUT2D eigenvalue weighted by Crippen LogP contribution is -2.31. The van der Waals surface area contributed by atoms with Crippen molar-refractivity contribution in [3.63, 3.8) is 0 Å². The number of allylic oxidation sites excluding steroid dienone is 1. The van der Waals surface area contributed by atoms with Gasteiger partial charge in [0.15, 0.2) is 0 Å². The fourth-order valence-electron chi connectivity index (χ4n) is 4.09. The number of thioether (sulfide) groups is 1. The van der Waals surface area contributed by atoms with Crippen LogP contribution in [0.25, 0.3) is 0 Å². The number of hydrogen-bond donors (Lipinski definition) is 2. The molecule has 2 aromatic carbocycles. The van der Waals surface area contributed by atoms with E-state index in [2.05, 4.69) is 21.7 Å². The Morgan fingerprint density at radius 1 is 1.03 bits per heavy atom. The van der Waals surface area contributed by atoms with Crippen LogP contribution in [-0.2, 0) is 9.59 Å². The maximum absolute atomic E-state index is 13.3.